The van der Waals surface area contributed by atoms with Crippen LogP contribution in [0.4, 0.5) is 0 Å². The Hall–Kier alpha value is -1.64. The van der Waals surface area contributed by atoms with E-state index in [0.717, 1.165) is 10.9 Å². The van der Waals surface area contributed by atoms with Crippen LogP contribution in [0, 0.1) is 0 Å². The highest BCUT2D eigenvalue weighted by Gasteiger charge is 2.44. The zero-order chi connectivity index (χ0) is 15.0. The lowest BCUT2D eigenvalue weighted by Crippen LogP contribution is -2.60. The minimum absolute atomic E-state index is 0.454. The van der Waals surface area contributed by atoms with Gasteiger partial charge in [-0.2, -0.15) is 0 Å². The number of aromatic nitrogens is 1. The molecule has 7 heteroatoms. The van der Waals surface area contributed by atoms with Crippen LogP contribution in [0.25, 0.3) is 10.9 Å². The SMILES string of the molecule is OC[C@@H]1O[C@@H](Oc2c[nH]c3ccccc23)[C@H](O)[C@H](O)[C@H]1O. The van der Waals surface area contributed by atoms with Crippen LogP contribution in [0.2, 0.25) is 0 Å². The van der Waals surface area contributed by atoms with Crippen molar-refractivity contribution in [3.63, 3.8) is 0 Å². The Morgan fingerprint density at radius 1 is 1.10 bits per heavy atom. The molecule has 1 fully saturated rings. The summed E-state index contributed by atoms with van der Waals surface area (Å²) in [4.78, 5) is 3.01. The van der Waals surface area contributed by atoms with E-state index >= 15 is 0 Å². The number of hydrogen-bond donors (Lipinski definition) is 5. The maximum Gasteiger partial charge on any atom is 0.229 e. The van der Waals surface area contributed by atoms with Crippen molar-refractivity contribution in [2.75, 3.05) is 6.61 Å². The Morgan fingerprint density at radius 3 is 2.62 bits per heavy atom. The molecule has 3 rings (SSSR count). The molecule has 7 nitrogen and oxygen atoms in total. The lowest BCUT2D eigenvalue weighted by Gasteiger charge is -2.39. The Bertz CT molecular complexity index is 612. The number of aliphatic hydroxyl groups excluding tert-OH is 4. The number of fused-ring (bicyclic) bond motifs is 1. The summed E-state index contributed by atoms with van der Waals surface area (Å²) in [6, 6.07) is 7.42. The number of benzene rings is 1. The van der Waals surface area contributed by atoms with Gasteiger partial charge in [-0.1, -0.05) is 12.1 Å². The van der Waals surface area contributed by atoms with E-state index in [9.17, 15) is 15.3 Å². The first-order valence-corrected chi connectivity index (χ1v) is 6.65. The van der Waals surface area contributed by atoms with Crippen molar-refractivity contribution in [3.05, 3.63) is 30.5 Å². The van der Waals surface area contributed by atoms with Crippen molar-refractivity contribution in [2.45, 2.75) is 30.7 Å². The third-order valence-electron chi connectivity index (χ3n) is 3.64. The van der Waals surface area contributed by atoms with Crippen LogP contribution in [0.1, 0.15) is 0 Å². The number of para-hydroxylation sites is 1. The molecule has 0 amide bonds. The summed E-state index contributed by atoms with van der Waals surface area (Å²) in [6.45, 7) is -0.487. The average Bonchev–Trinajstić information content (AvgIpc) is 2.91. The highest BCUT2D eigenvalue weighted by molar-refractivity contribution is 5.85. The molecular weight excluding hydrogens is 278 g/mol. The van der Waals surface area contributed by atoms with Crippen molar-refractivity contribution >= 4 is 10.9 Å². The lowest BCUT2D eigenvalue weighted by molar-refractivity contribution is -0.277. The van der Waals surface area contributed by atoms with E-state index in [-0.39, 0.29) is 0 Å². The summed E-state index contributed by atoms with van der Waals surface area (Å²) in [7, 11) is 0. The molecular formula is C14H17NO6. The number of aromatic amines is 1. The molecule has 0 unspecified atom stereocenters. The maximum absolute atomic E-state index is 9.94. The second-order valence-electron chi connectivity index (χ2n) is 5.01. The highest BCUT2D eigenvalue weighted by Crippen LogP contribution is 2.29. The first-order chi connectivity index (χ1) is 10.1. The molecule has 5 N–H and O–H groups in total. The van der Waals surface area contributed by atoms with Gasteiger partial charge in [0, 0.05) is 17.1 Å². The van der Waals surface area contributed by atoms with Crippen LogP contribution in [0.3, 0.4) is 0 Å². The summed E-state index contributed by atoms with van der Waals surface area (Å²) < 4.78 is 10.9. The van der Waals surface area contributed by atoms with Gasteiger partial charge in [0.2, 0.25) is 6.29 Å². The molecule has 1 aromatic heterocycles. The van der Waals surface area contributed by atoms with Gasteiger partial charge in [-0.3, -0.25) is 0 Å². The lowest BCUT2D eigenvalue weighted by atomic mass is 9.99. The number of rotatable bonds is 3. The van der Waals surface area contributed by atoms with Crippen molar-refractivity contribution < 1.29 is 29.9 Å². The molecule has 0 radical (unpaired) electrons. The number of ether oxygens (including phenoxy) is 2. The average molecular weight is 295 g/mol. The third-order valence-corrected chi connectivity index (χ3v) is 3.64. The van der Waals surface area contributed by atoms with Crippen LogP contribution in [-0.4, -0.2) is 62.7 Å². The fourth-order valence-electron chi connectivity index (χ4n) is 2.43. The molecule has 21 heavy (non-hydrogen) atoms. The van der Waals surface area contributed by atoms with E-state index in [4.69, 9.17) is 14.6 Å². The summed E-state index contributed by atoms with van der Waals surface area (Å²) in [5, 5.41) is 39.3. The van der Waals surface area contributed by atoms with E-state index in [1.54, 1.807) is 6.20 Å². The monoisotopic (exact) mass is 295 g/mol. The number of hydrogen-bond acceptors (Lipinski definition) is 6. The topological polar surface area (TPSA) is 115 Å². The van der Waals surface area contributed by atoms with E-state index in [2.05, 4.69) is 4.98 Å². The third kappa shape index (κ3) is 2.50. The van der Waals surface area contributed by atoms with Crippen molar-refractivity contribution in [1.82, 2.24) is 4.98 Å². The molecule has 1 aliphatic rings. The van der Waals surface area contributed by atoms with Gasteiger partial charge < -0.3 is 34.9 Å². The Morgan fingerprint density at radius 2 is 1.86 bits per heavy atom. The molecule has 1 aliphatic heterocycles. The van der Waals surface area contributed by atoms with Gasteiger partial charge in [0.15, 0.2) is 0 Å². The Balaban J connectivity index is 1.83. The zero-order valence-corrected chi connectivity index (χ0v) is 11.1. The van der Waals surface area contributed by atoms with Gasteiger partial charge in [0.25, 0.3) is 0 Å². The number of nitrogens with one attached hydrogen (secondary N) is 1. The summed E-state index contributed by atoms with van der Waals surface area (Å²) >= 11 is 0. The largest absolute Gasteiger partial charge is 0.460 e. The van der Waals surface area contributed by atoms with Gasteiger partial charge >= 0.3 is 0 Å². The van der Waals surface area contributed by atoms with Crippen LogP contribution < -0.4 is 4.74 Å². The van der Waals surface area contributed by atoms with Gasteiger partial charge in [0.1, 0.15) is 30.2 Å². The van der Waals surface area contributed by atoms with E-state index in [0.29, 0.717) is 5.75 Å². The van der Waals surface area contributed by atoms with Gasteiger partial charge in [-0.15, -0.1) is 0 Å². The molecule has 2 heterocycles. The predicted molar refractivity (Wildman–Crippen MR) is 72.7 cm³/mol. The highest BCUT2D eigenvalue weighted by atomic mass is 16.7. The molecule has 1 aromatic carbocycles. The second-order valence-corrected chi connectivity index (χ2v) is 5.01. The van der Waals surface area contributed by atoms with Crippen LogP contribution >= 0.6 is 0 Å². The van der Waals surface area contributed by atoms with E-state index in [1.807, 2.05) is 24.3 Å². The van der Waals surface area contributed by atoms with Gasteiger partial charge in [-0.05, 0) is 12.1 Å². The first kappa shape index (κ1) is 14.3. The zero-order valence-electron chi connectivity index (χ0n) is 11.1. The molecule has 5 atom stereocenters. The molecule has 0 aliphatic carbocycles. The first-order valence-electron chi connectivity index (χ1n) is 6.65. The minimum Gasteiger partial charge on any atom is -0.460 e. The fourth-order valence-corrected chi connectivity index (χ4v) is 2.43. The van der Waals surface area contributed by atoms with E-state index < -0.39 is 37.3 Å². The number of aliphatic hydroxyl groups is 4. The quantitative estimate of drug-likeness (QED) is 0.514. The second kappa shape index (κ2) is 5.63. The normalized spacial score (nSPS) is 33.2. The Labute approximate surface area is 120 Å². The number of H-pyrrole nitrogens is 1. The maximum atomic E-state index is 9.94. The molecule has 114 valence electrons. The molecule has 1 saturated heterocycles. The van der Waals surface area contributed by atoms with Crippen molar-refractivity contribution in [2.24, 2.45) is 0 Å². The van der Waals surface area contributed by atoms with E-state index in [1.165, 1.54) is 0 Å². The molecule has 0 bridgehead atoms. The minimum atomic E-state index is -1.45. The molecule has 0 spiro atoms. The van der Waals surface area contributed by atoms with Crippen LogP contribution in [0.15, 0.2) is 30.5 Å². The predicted octanol–water partition coefficient (Wildman–Crippen LogP) is -0.653. The fraction of sp³-hybridized carbons (Fsp3) is 0.429. The molecule has 2 aromatic rings. The smallest absolute Gasteiger partial charge is 0.229 e. The van der Waals surface area contributed by atoms with Crippen LogP contribution in [-0.2, 0) is 4.74 Å². The standard InChI is InChI=1S/C14H17NO6/c16-6-10-11(17)12(18)13(19)14(21-10)20-9-5-15-8-4-2-1-3-7(8)9/h1-5,10-19H,6H2/t10-,11-,12+,13+,14+/m0/s1. The van der Waals surface area contributed by atoms with Gasteiger partial charge in [-0.25, -0.2) is 0 Å². The summed E-state index contributed by atoms with van der Waals surface area (Å²) in [5.41, 5.74) is 0.858. The van der Waals surface area contributed by atoms with Gasteiger partial charge in [0.05, 0.1) is 6.61 Å². The Kier molecular flexibility index (Phi) is 3.83. The summed E-state index contributed by atoms with van der Waals surface area (Å²) in [5.74, 6) is 0.454. The van der Waals surface area contributed by atoms with Crippen molar-refractivity contribution in [1.29, 1.82) is 0 Å². The van der Waals surface area contributed by atoms with Crippen LogP contribution in [0.5, 0.6) is 5.75 Å². The van der Waals surface area contributed by atoms with Crippen molar-refractivity contribution in [3.8, 4) is 5.75 Å². The summed E-state index contributed by atoms with van der Waals surface area (Å²) in [6.07, 6.45) is -4.82. The molecule has 0 saturated carbocycles.